The van der Waals surface area contributed by atoms with Gasteiger partial charge in [0.25, 0.3) is 5.69 Å². The monoisotopic (exact) mass is 465 g/mol. The minimum atomic E-state index is -0.612. The predicted octanol–water partition coefficient (Wildman–Crippen LogP) is 5.03. The molecule has 10 heteroatoms. The summed E-state index contributed by atoms with van der Waals surface area (Å²) >= 11 is 12.0. The molecule has 0 aliphatic heterocycles. The standard InChI is InChI=1S/C21H21Cl2N3O5/c1-13(2)25(12-14-5-7-16(22)17(23)10-14)20(27)4-3-9-24-18-8-6-15(26(29)30)11-19(18)31-21(24)28/h5-8,10-11,13H,3-4,9,12H2,1-2H3. The van der Waals surface area contributed by atoms with Crippen LogP contribution in [0, 0.1) is 10.1 Å². The van der Waals surface area contributed by atoms with Crippen molar-refractivity contribution in [3.8, 4) is 0 Å². The van der Waals surface area contributed by atoms with E-state index < -0.39 is 10.7 Å². The number of hydrogen-bond acceptors (Lipinski definition) is 5. The van der Waals surface area contributed by atoms with Crippen LogP contribution in [-0.2, 0) is 17.9 Å². The summed E-state index contributed by atoms with van der Waals surface area (Å²) in [6.07, 6.45) is 0.639. The average Bonchev–Trinajstić information content (AvgIpc) is 3.02. The van der Waals surface area contributed by atoms with Gasteiger partial charge in [0.15, 0.2) is 5.58 Å². The highest BCUT2D eigenvalue weighted by Crippen LogP contribution is 2.24. The van der Waals surface area contributed by atoms with Crippen molar-refractivity contribution in [2.75, 3.05) is 0 Å². The molecule has 2 aromatic carbocycles. The molecule has 0 atom stereocenters. The van der Waals surface area contributed by atoms with E-state index in [-0.39, 0.29) is 36.2 Å². The van der Waals surface area contributed by atoms with Crippen molar-refractivity contribution in [2.24, 2.45) is 0 Å². The SMILES string of the molecule is CC(C)N(Cc1ccc(Cl)c(Cl)c1)C(=O)CCCn1c(=O)oc2cc([N+](=O)[O-])ccc21. The smallest absolute Gasteiger partial charge is 0.407 e. The van der Waals surface area contributed by atoms with Gasteiger partial charge in [0.1, 0.15) is 0 Å². The van der Waals surface area contributed by atoms with E-state index in [4.69, 9.17) is 27.6 Å². The number of nitrogens with zero attached hydrogens (tertiary/aromatic N) is 3. The van der Waals surface area contributed by atoms with E-state index in [1.165, 1.54) is 22.8 Å². The van der Waals surface area contributed by atoms with Crippen LogP contribution in [0.5, 0.6) is 0 Å². The van der Waals surface area contributed by atoms with Crippen molar-refractivity contribution in [3.63, 3.8) is 0 Å². The normalized spacial score (nSPS) is 11.3. The van der Waals surface area contributed by atoms with Gasteiger partial charge in [0.05, 0.1) is 26.6 Å². The Morgan fingerprint density at radius 3 is 2.58 bits per heavy atom. The number of benzene rings is 2. The third-order valence-corrected chi connectivity index (χ3v) is 5.65. The van der Waals surface area contributed by atoms with E-state index >= 15 is 0 Å². The Balaban J connectivity index is 1.67. The Morgan fingerprint density at radius 1 is 1.19 bits per heavy atom. The van der Waals surface area contributed by atoms with Gasteiger partial charge in [-0.25, -0.2) is 4.79 Å². The van der Waals surface area contributed by atoms with E-state index in [1.807, 2.05) is 19.9 Å². The number of nitro benzene ring substituents is 1. The molecular weight excluding hydrogens is 445 g/mol. The van der Waals surface area contributed by atoms with Crippen LogP contribution in [0.25, 0.3) is 11.1 Å². The highest BCUT2D eigenvalue weighted by atomic mass is 35.5. The van der Waals surface area contributed by atoms with Crippen molar-refractivity contribution in [1.82, 2.24) is 9.47 Å². The molecule has 3 aromatic rings. The Bertz CT molecular complexity index is 1190. The molecule has 31 heavy (non-hydrogen) atoms. The zero-order chi connectivity index (χ0) is 22.7. The van der Waals surface area contributed by atoms with Gasteiger partial charge < -0.3 is 9.32 Å². The number of aryl methyl sites for hydroxylation is 1. The van der Waals surface area contributed by atoms with Crippen molar-refractivity contribution in [3.05, 3.63) is 72.7 Å². The molecule has 1 amide bonds. The molecule has 8 nitrogen and oxygen atoms in total. The molecular formula is C21H21Cl2N3O5. The van der Waals surface area contributed by atoms with E-state index in [0.717, 1.165) is 5.56 Å². The summed E-state index contributed by atoms with van der Waals surface area (Å²) in [7, 11) is 0. The summed E-state index contributed by atoms with van der Waals surface area (Å²) in [5, 5.41) is 11.8. The van der Waals surface area contributed by atoms with Crippen LogP contribution >= 0.6 is 23.2 Å². The van der Waals surface area contributed by atoms with Gasteiger partial charge in [-0.2, -0.15) is 0 Å². The van der Waals surface area contributed by atoms with E-state index in [1.54, 1.807) is 17.0 Å². The maximum Gasteiger partial charge on any atom is 0.419 e. The first kappa shape index (κ1) is 22.8. The minimum absolute atomic E-state index is 0.0278. The van der Waals surface area contributed by atoms with Crippen LogP contribution in [0.3, 0.4) is 0 Å². The number of amides is 1. The largest absolute Gasteiger partial charge is 0.419 e. The summed E-state index contributed by atoms with van der Waals surface area (Å²) in [4.78, 5) is 37.0. The van der Waals surface area contributed by atoms with Crippen molar-refractivity contribution >= 4 is 45.9 Å². The number of hydrogen-bond donors (Lipinski definition) is 0. The summed E-state index contributed by atoms with van der Waals surface area (Å²) in [5.41, 5.74) is 1.32. The molecule has 0 spiro atoms. The Morgan fingerprint density at radius 2 is 1.94 bits per heavy atom. The highest BCUT2D eigenvalue weighted by Gasteiger charge is 2.19. The van der Waals surface area contributed by atoms with Gasteiger partial charge in [0.2, 0.25) is 5.91 Å². The van der Waals surface area contributed by atoms with Gasteiger partial charge in [0, 0.05) is 31.6 Å². The minimum Gasteiger partial charge on any atom is -0.407 e. The molecule has 0 aliphatic carbocycles. The number of carbonyl (C=O) groups excluding carboxylic acids is 1. The first-order chi connectivity index (χ1) is 14.7. The number of fused-ring (bicyclic) bond motifs is 1. The third kappa shape index (κ3) is 5.26. The van der Waals surface area contributed by atoms with Crippen molar-refractivity contribution in [1.29, 1.82) is 0 Å². The quantitative estimate of drug-likeness (QED) is 0.343. The molecule has 0 saturated carbocycles. The lowest BCUT2D eigenvalue weighted by atomic mass is 10.1. The zero-order valence-corrected chi connectivity index (χ0v) is 18.5. The molecule has 0 unspecified atom stereocenters. The number of aromatic nitrogens is 1. The van der Waals surface area contributed by atoms with E-state index in [2.05, 4.69) is 0 Å². The molecule has 0 fully saturated rings. The molecule has 164 valence electrons. The Kier molecular flexibility index (Phi) is 7.02. The molecule has 0 aliphatic rings. The fourth-order valence-electron chi connectivity index (χ4n) is 3.31. The third-order valence-electron chi connectivity index (χ3n) is 4.92. The second kappa shape index (κ2) is 9.53. The summed E-state index contributed by atoms with van der Waals surface area (Å²) in [6, 6.07) is 9.25. The average molecular weight is 466 g/mol. The number of carbonyl (C=O) groups is 1. The van der Waals surface area contributed by atoms with Crippen molar-refractivity contribution in [2.45, 2.75) is 45.8 Å². The number of non-ortho nitro benzene ring substituents is 1. The fourth-order valence-corrected chi connectivity index (χ4v) is 3.63. The molecule has 0 N–H and O–H groups in total. The number of nitro groups is 1. The van der Waals surface area contributed by atoms with E-state index in [9.17, 15) is 19.7 Å². The molecule has 0 saturated heterocycles. The van der Waals surface area contributed by atoms with Gasteiger partial charge in [-0.3, -0.25) is 19.5 Å². The lowest BCUT2D eigenvalue weighted by molar-refractivity contribution is -0.384. The van der Waals surface area contributed by atoms with Crippen LogP contribution in [-0.4, -0.2) is 26.3 Å². The maximum atomic E-state index is 12.8. The fraction of sp³-hybridized carbons (Fsp3) is 0.333. The van der Waals surface area contributed by atoms with Gasteiger partial charge in [-0.1, -0.05) is 29.3 Å². The summed E-state index contributed by atoms with van der Waals surface area (Å²) in [6.45, 7) is 4.51. The first-order valence-corrected chi connectivity index (χ1v) is 10.4. The summed E-state index contributed by atoms with van der Waals surface area (Å²) in [5.74, 6) is -0.669. The number of rotatable bonds is 8. The second-order valence-corrected chi connectivity index (χ2v) is 8.21. The summed E-state index contributed by atoms with van der Waals surface area (Å²) < 4.78 is 6.50. The topological polar surface area (TPSA) is 98.6 Å². The highest BCUT2D eigenvalue weighted by molar-refractivity contribution is 6.42. The Labute approximate surface area is 188 Å². The lowest BCUT2D eigenvalue weighted by Gasteiger charge is -2.27. The van der Waals surface area contributed by atoms with Crippen LogP contribution in [0.4, 0.5) is 5.69 Å². The first-order valence-electron chi connectivity index (χ1n) is 9.68. The molecule has 0 radical (unpaired) electrons. The number of halogens is 2. The molecule has 0 bridgehead atoms. The molecule has 1 aromatic heterocycles. The van der Waals surface area contributed by atoms with Crippen molar-refractivity contribution < 1.29 is 14.1 Å². The van der Waals surface area contributed by atoms with Crippen LogP contribution in [0.1, 0.15) is 32.3 Å². The second-order valence-electron chi connectivity index (χ2n) is 7.40. The lowest BCUT2D eigenvalue weighted by Crippen LogP contribution is -2.36. The Hall–Kier alpha value is -2.84. The van der Waals surface area contributed by atoms with Crippen LogP contribution < -0.4 is 5.76 Å². The predicted molar refractivity (Wildman–Crippen MR) is 119 cm³/mol. The van der Waals surface area contributed by atoms with E-state index in [0.29, 0.717) is 28.5 Å². The maximum absolute atomic E-state index is 12.8. The van der Waals surface area contributed by atoms with Crippen LogP contribution in [0.2, 0.25) is 10.0 Å². The molecule has 1 heterocycles. The zero-order valence-electron chi connectivity index (χ0n) is 17.0. The molecule has 3 rings (SSSR count). The van der Waals surface area contributed by atoms with Crippen LogP contribution in [0.15, 0.2) is 45.6 Å². The van der Waals surface area contributed by atoms with Gasteiger partial charge in [-0.05, 0) is 44.0 Å². The van der Waals surface area contributed by atoms with Gasteiger partial charge in [-0.15, -0.1) is 0 Å². The number of oxazole rings is 1. The van der Waals surface area contributed by atoms with Gasteiger partial charge >= 0.3 is 5.76 Å².